The zero-order valence-corrected chi connectivity index (χ0v) is 8.65. The Morgan fingerprint density at radius 3 is 3.06 bits per heavy atom. The number of H-pyrrole nitrogens is 1. The van der Waals surface area contributed by atoms with Crippen LogP contribution in [0.1, 0.15) is 21.9 Å². The van der Waals surface area contributed by atoms with Crippen LogP contribution in [0.25, 0.3) is 0 Å². The Bertz CT molecular complexity index is 488. The van der Waals surface area contributed by atoms with Crippen LogP contribution >= 0.6 is 0 Å². The first kappa shape index (κ1) is 10.2. The molecule has 0 aliphatic heterocycles. The SMILES string of the molecule is Cc1[nH]nc(C(=O)NCc2ccon2)c1N. The average molecular weight is 221 g/mol. The number of aromatic amines is 1. The highest BCUT2D eigenvalue weighted by atomic mass is 16.5. The quantitative estimate of drug-likeness (QED) is 0.686. The molecule has 84 valence electrons. The van der Waals surface area contributed by atoms with E-state index in [-0.39, 0.29) is 18.1 Å². The minimum atomic E-state index is -0.343. The van der Waals surface area contributed by atoms with E-state index in [1.54, 1.807) is 13.0 Å². The van der Waals surface area contributed by atoms with Crippen LogP contribution in [-0.4, -0.2) is 21.3 Å². The second-order valence-corrected chi connectivity index (χ2v) is 3.28. The van der Waals surface area contributed by atoms with Crippen molar-refractivity contribution in [3.8, 4) is 0 Å². The smallest absolute Gasteiger partial charge is 0.274 e. The molecular weight excluding hydrogens is 210 g/mol. The van der Waals surface area contributed by atoms with Crippen molar-refractivity contribution in [1.82, 2.24) is 20.7 Å². The molecule has 2 heterocycles. The van der Waals surface area contributed by atoms with Crippen LogP contribution < -0.4 is 11.1 Å². The molecule has 0 spiro atoms. The van der Waals surface area contributed by atoms with E-state index in [2.05, 4.69) is 25.2 Å². The Kier molecular flexibility index (Phi) is 2.59. The number of nitrogens with zero attached hydrogens (tertiary/aromatic N) is 2. The summed E-state index contributed by atoms with van der Waals surface area (Å²) in [5, 5.41) is 12.7. The first-order valence-corrected chi connectivity index (χ1v) is 4.66. The number of aromatic nitrogens is 3. The number of nitrogens with one attached hydrogen (secondary N) is 2. The van der Waals surface area contributed by atoms with Crippen LogP contribution in [0.15, 0.2) is 16.9 Å². The minimum Gasteiger partial charge on any atom is -0.395 e. The molecule has 0 saturated heterocycles. The maximum absolute atomic E-state index is 11.6. The molecule has 2 aromatic rings. The molecule has 7 heteroatoms. The Morgan fingerprint density at radius 1 is 1.69 bits per heavy atom. The number of hydrogen-bond acceptors (Lipinski definition) is 5. The lowest BCUT2D eigenvalue weighted by Gasteiger charge is -2.00. The van der Waals surface area contributed by atoms with Crippen LogP contribution in [-0.2, 0) is 6.54 Å². The van der Waals surface area contributed by atoms with Crippen molar-refractivity contribution >= 4 is 11.6 Å². The predicted molar refractivity (Wildman–Crippen MR) is 55.4 cm³/mol. The number of carbonyl (C=O) groups excluding carboxylic acids is 1. The van der Waals surface area contributed by atoms with Gasteiger partial charge in [-0.3, -0.25) is 9.89 Å². The van der Waals surface area contributed by atoms with E-state index in [1.807, 2.05) is 0 Å². The molecule has 4 N–H and O–H groups in total. The van der Waals surface area contributed by atoms with Gasteiger partial charge in [-0.15, -0.1) is 0 Å². The lowest BCUT2D eigenvalue weighted by atomic mass is 10.3. The van der Waals surface area contributed by atoms with Gasteiger partial charge in [-0.25, -0.2) is 0 Å². The molecule has 16 heavy (non-hydrogen) atoms. The molecule has 1 amide bonds. The van der Waals surface area contributed by atoms with E-state index in [0.717, 1.165) is 0 Å². The summed E-state index contributed by atoms with van der Waals surface area (Å²) < 4.78 is 4.63. The summed E-state index contributed by atoms with van der Waals surface area (Å²) in [4.78, 5) is 11.6. The summed E-state index contributed by atoms with van der Waals surface area (Å²) in [6, 6.07) is 1.67. The van der Waals surface area contributed by atoms with Gasteiger partial charge in [-0.05, 0) is 6.92 Å². The fourth-order valence-electron chi connectivity index (χ4n) is 1.19. The number of rotatable bonds is 3. The second-order valence-electron chi connectivity index (χ2n) is 3.28. The molecule has 2 aromatic heterocycles. The van der Waals surface area contributed by atoms with Gasteiger partial charge in [0.05, 0.1) is 17.9 Å². The summed E-state index contributed by atoms with van der Waals surface area (Å²) in [6.45, 7) is 2.03. The van der Waals surface area contributed by atoms with E-state index in [9.17, 15) is 4.79 Å². The topological polar surface area (TPSA) is 110 Å². The molecular formula is C9H11N5O2. The van der Waals surface area contributed by atoms with Gasteiger partial charge in [0, 0.05) is 6.07 Å². The third-order valence-electron chi connectivity index (χ3n) is 2.13. The number of aryl methyl sites for hydroxylation is 1. The van der Waals surface area contributed by atoms with Crippen LogP contribution in [0, 0.1) is 6.92 Å². The molecule has 0 atom stereocenters. The third-order valence-corrected chi connectivity index (χ3v) is 2.13. The number of anilines is 1. The molecule has 0 bridgehead atoms. The lowest BCUT2D eigenvalue weighted by Crippen LogP contribution is -2.24. The van der Waals surface area contributed by atoms with Crippen LogP contribution in [0.3, 0.4) is 0 Å². The number of hydrogen-bond donors (Lipinski definition) is 3. The Hall–Kier alpha value is -2.31. The second kappa shape index (κ2) is 4.05. The van der Waals surface area contributed by atoms with Crippen LogP contribution in [0.5, 0.6) is 0 Å². The molecule has 0 unspecified atom stereocenters. The van der Waals surface area contributed by atoms with E-state index in [4.69, 9.17) is 5.73 Å². The molecule has 0 saturated carbocycles. The maximum atomic E-state index is 11.6. The van der Waals surface area contributed by atoms with Crippen LogP contribution in [0.2, 0.25) is 0 Å². The molecule has 0 radical (unpaired) electrons. The third kappa shape index (κ3) is 1.88. The van der Waals surface area contributed by atoms with Gasteiger partial charge in [-0.1, -0.05) is 5.16 Å². The van der Waals surface area contributed by atoms with Gasteiger partial charge in [0.25, 0.3) is 5.91 Å². The predicted octanol–water partition coefficient (Wildman–Crippen LogP) is 0.218. The molecule has 2 rings (SSSR count). The fourth-order valence-corrected chi connectivity index (χ4v) is 1.19. The number of amides is 1. The van der Waals surface area contributed by atoms with E-state index >= 15 is 0 Å². The van der Waals surface area contributed by atoms with Gasteiger partial charge >= 0.3 is 0 Å². The standard InChI is InChI=1S/C9H11N5O2/c1-5-7(10)8(13-12-5)9(15)11-4-6-2-3-16-14-6/h2-3H,4,10H2,1H3,(H,11,15)(H,12,13). The first-order chi connectivity index (χ1) is 7.68. The summed E-state index contributed by atoms with van der Waals surface area (Å²) in [5.41, 5.74) is 7.53. The molecule has 0 aliphatic rings. The van der Waals surface area contributed by atoms with Crippen molar-refractivity contribution in [2.75, 3.05) is 5.73 Å². The van der Waals surface area contributed by atoms with Gasteiger partial charge < -0.3 is 15.6 Å². The number of carbonyl (C=O) groups is 1. The van der Waals surface area contributed by atoms with Gasteiger partial charge in [0.2, 0.25) is 0 Å². The van der Waals surface area contributed by atoms with Crippen molar-refractivity contribution in [2.24, 2.45) is 0 Å². The molecule has 0 fully saturated rings. The van der Waals surface area contributed by atoms with Crippen molar-refractivity contribution < 1.29 is 9.32 Å². The van der Waals surface area contributed by atoms with Gasteiger partial charge in [0.15, 0.2) is 5.69 Å². The summed E-state index contributed by atoms with van der Waals surface area (Å²) >= 11 is 0. The van der Waals surface area contributed by atoms with Crippen molar-refractivity contribution in [3.63, 3.8) is 0 Å². The maximum Gasteiger partial charge on any atom is 0.274 e. The summed E-state index contributed by atoms with van der Waals surface area (Å²) in [7, 11) is 0. The Balaban J connectivity index is 2.01. The Labute approximate surface area is 91.0 Å². The van der Waals surface area contributed by atoms with Crippen molar-refractivity contribution in [2.45, 2.75) is 13.5 Å². The zero-order valence-electron chi connectivity index (χ0n) is 8.65. The Morgan fingerprint density at radius 2 is 2.50 bits per heavy atom. The molecule has 0 aromatic carbocycles. The number of nitrogen functional groups attached to an aromatic ring is 1. The monoisotopic (exact) mass is 221 g/mol. The first-order valence-electron chi connectivity index (χ1n) is 4.66. The largest absolute Gasteiger partial charge is 0.395 e. The van der Waals surface area contributed by atoms with Crippen molar-refractivity contribution in [3.05, 3.63) is 29.4 Å². The van der Waals surface area contributed by atoms with E-state index in [1.165, 1.54) is 6.26 Å². The average Bonchev–Trinajstić information content (AvgIpc) is 2.88. The number of nitrogens with two attached hydrogens (primary N) is 1. The zero-order chi connectivity index (χ0) is 11.5. The van der Waals surface area contributed by atoms with E-state index < -0.39 is 0 Å². The van der Waals surface area contributed by atoms with Gasteiger partial charge in [-0.2, -0.15) is 5.10 Å². The highest BCUT2D eigenvalue weighted by Gasteiger charge is 2.14. The highest BCUT2D eigenvalue weighted by Crippen LogP contribution is 2.11. The fraction of sp³-hybridized carbons (Fsp3) is 0.222. The molecule has 0 aliphatic carbocycles. The molecule has 7 nitrogen and oxygen atoms in total. The van der Waals surface area contributed by atoms with E-state index in [0.29, 0.717) is 17.1 Å². The van der Waals surface area contributed by atoms with Crippen LogP contribution in [0.4, 0.5) is 5.69 Å². The minimum absolute atomic E-state index is 0.195. The summed E-state index contributed by atoms with van der Waals surface area (Å²) in [5.74, 6) is -0.343. The summed E-state index contributed by atoms with van der Waals surface area (Å²) in [6.07, 6.45) is 1.44. The lowest BCUT2D eigenvalue weighted by molar-refractivity contribution is 0.0946. The van der Waals surface area contributed by atoms with Crippen molar-refractivity contribution in [1.29, 1.82) is 0 Å². The van der Waals surface area contributed by atoms with Gasteiger partial charge in [0.1, 0.15) is 12.0 Å². The normalized spacial score (nSPS) is 10.3. The highest BCUT2D eigenvalue weighted by molar-refractivity contribution is 5.97.